The number of nitrogens with one attached hydrogen (secondary N) is 1. The molecule has 0 saturated heterocycles. The topological polar surface area (TPSA) is 86.5 Å². The van der Waals surface area contributed by atoms with Crippen LogP contribution in [0.2, 0.25) is 0 Å². The molecule has 0 spiro atoms. The lowest BCUT2D eigenvalue weighted by Gasteiger charge is -2.23. The maximum absolute atomic E-state index is 12.4. The number of carbonyl (C=O) groups excluding carboxylic acids is 1. The van der Waals surface area contributed by atoms with Crippen LogP contribution in [0.1, 0.15) is 30.0 Å². The number of para-hydroxylation sites is 2. The van der Waals surface area contributed by atoms with Crippen LogP contribution in [0.25, 0.3) is 0 Å². The predicted molar refractivity (Wildman–Crippen MR) is 108 cm³/mol. The number of nitrogens with zero attached hydrogens (tertiary/aromatic N) is 2. The van der Waals surface area contributed by atoms with Crippen molar-refractivity contribution in [3.8, 4) is 11.5 Å². The maximum atomic E-state index is 12.4. The lowest BCUT2D eigenvalue weighted by atomic mass is 10.1. The van der Waals surface area contributed by atoms with E-state index < -0.39 is 6.10 Å². The summed E-state index contributed by atoms with van der Waals surface area (Å²) in [7, 11) is 0. The fourth-order valence-electron chi connectivity index (χ4n) is 2.78. The molecule has 8 heteroatoms. The molecule has 0 bridgehead atoms. The molecule has 1 aliphatic heterocycles. The highest BCUT2D eigenvalue weighted by Gasteiger charge is 2.28. The number of aromatic nitrogens is 2. The minimum atomic E-state index is -0.475. The molecule has 1 aromatic heterocycles. The molecule has 0 saturated carbocycles. The van der Waals surface area contributed by atoms with Crippen molar-refractivity contribution >= 4 is 17.7 Å². The molecule has 0 radical (unpaired) electrons. The molecule has 150 valence electrons. The van der Waals surface area contributed by atoms with E-state index >= 15 is 0 Å². The van der Waals surface area contributed by atoms with Crippen LogP contribution in [0.5, 0.6) is 11.5 Å². The second kappa shape index (κ2) is 8.57. The number of rotatable bonds is 6. The third-order valence-corrected chi connectivity index (χ3v) is 5.37. The average molecular weight is 411 g/mol. The fourth-order valence-corrected chi connectivity index (χ4v) is 3.50. The molecule has 1 N–H and O–H groups in total. The van der Waals surface area contributed by atoms with Gasteiger partial charge in [0.15, 0.2) is 11.5 Å². The molecule has 7 nitrogen and oxygen atoms in total. The molecule has 1 aliphatic rings. The van der Waals surface area contributed by atoms with Gasteiger partial charge < -0.3 is 19.2 Å². The number of fused-ring (bicyclic) bond motifs is 1. The summed E-state index contributed by atoms with van der Waals surface area (Å²) in [6, 6.07) is 15.5. The Labute approximate surface area is 172 Å². The highest BCUT2D eigenvalue weighted by atomic mass is 32.2. The quantitative estimate of drug-likeness (QED) is 0.619. The largest absolute Gasteiger partial charge is 0.485 e. The van der Waals surface area contributed by atoms with E-state index in [1.807, 2.05) is 55.5 Å². The third-order valence-electron chi connectivity index (χ3n) is 4.44. The lowest BCUT2D eigenvalue weighted by molar-refractivity contribution is -0.120. The maximum Gasteiger partial charge on any atom is 0.277 e. The Hall–Kier alpha value is -3.00. The molecule has 0 aliphatic carbocycles. The first-order valence-electron chi connectivity index (χ1n) is 9.30. The summed E-state index contributed by atoms with van der Waals surface area (Å²) in [6.45, 7) is 4.60. The zero-order valence-corrected chi connectivity index (χ0v) is 16.9. The number of hydrogen-bond donors (Lipinski definition) is 1. The van der Waals surface area contributed by atoms with E-state index in [9.17, 15) is 4.79 Å². The van der Waals surface area contributed by atoms with E-state index in [4.69, 9.17) is 13.9 Å². The van der Waals surface area contributed by atoms with Gasteiger partial charge in [-0.1, -0.05) is 53.7 Å². The fraction of sp³-hybridized carbons (Fsp3) is 0.286. The van der Waals surface area contributed by atoms with Gasteiger partial charge in [-0.05, 0) is 31.5 Å². The number of carbonyl (C=O) groups is 1. The van der Waals surface area contributed by atoms with Crippen molar-refractivity contribution in [2.45, 2.75) is 37.0 Å². The van der Waals surface area contributed by atoms with E-state index in [0.29, 0.717) is 29.2 Å². The van der Waals surface area contributed by atoms with E-state index in [1.165, 1.54) is 17.3 Å². The Bertz CT molecular complexity index is 990. The minimum Gasteiger partial charge on any atom is -0.485 e. The van der Waals surface area contributed by atoms with Crippen LogP contribution in [-0.4, -0.2) is 28.0 Å². The Kier molecular flexibility index (Phi) is 5.71. The molecule has 2 atom stereocenters. The van der Waals surface area contributed by atoms with Crippen molar-refractivity contribution < 1.29 is 18.7 Å². The predicted octanol–water partition coefficient (Wildman–Crippen LogP) is 3.69. The normalized spacial score (nSPS) is 16.3. The zero-order valence-electron chi connectivity index (χ0n) is 16.1. The number of thioether (sulfide) groups is 1. The van der Waals surface area contributed by atoms with Crippen molar-refractivity contribution in [3.63, 3.8) is 0 Å². The van der Waals surface area contributed by atoms with Crippen LogP contribution in [0.4, 0.5) is 0 Å². The molecule has 2 heterocycles. The Morgan fingerprint density at radius 2 is 1.93 bits per heavy atom. The molecule has 0 fully saturated rings. The van der Waals surface area contributed by atoms with Crippen LogP contribution >= 0.6 is 11.8 Å². The van der Waals surface area contributed by atoms with Crippen molar-refractivity contribution in [3.05, 3.63) is 65.5 Å². The molecule has 4 rings (SSSR count). The van der Waals surface area contributed by atoms with Gasteiger partial charge in [0.1, 0.15) is 6.61 Å². The standard InChI is InChI=1S/C21H21N3O4S/c1-13-7-9-15(10-8-13)11-22-19(25)14(2)29-21-24-23-20(28-21)18-12-26-16-5-3-4-6-17(16)27-18/h3-10,14,18H,11-12H2,1-2H3,(H,22,25)/t14-,18-/m1/s1. The van der Waals surface area contributed by atoms with Gasteiger partial charge in [0.2, 0.25) is 12.0 Å². The number of hydrogen-bond acceptors (Lipinski definition) is 7. The first-order chi connectivity index (χ1) is 14.1. The highest BCUT2D eigenvalue weighted by molar-refractivity contribution is 8.00. The molecule has 2 aromatic carbocycles. The van der Waals surface area contributed by atoms with Crippen molar-refractivity contribution in [1.29, 1.82) is 0 Å². The Morgan fingerprint density at radius 1 is 1.17 bits per heavy atom. The molecular weight excluding hydrogens is 390 g/mol. The van der Waals surface area contributed by atoms with Crippen LogP contribution in [0.3, 0.4) is 0 Å². The second-order valence-electron chi connectivity index (χ2n) is 6.73. The summed E-state index contributed by atoms with van der Waals surface area (Å²) in [5.41, 5.74) is 2.24. The Balaban J connectivity index is 1.31. The Morgan fingerprint density at radius 3 is 2.72 bits per heavy atom. The summed E-state index contributed by atoms with van der Waals surface area (Å²) in [6.07, 6.45) is -0.475. The van der Waals surface area contributed by atoms with Crippen molar-refractivity contribution in [1.82, 2.24) is 15.5 Å². The van der Waals surface area contributed by atoms with Gasteiger partial charge in [-0.15, -0.1) is 10.2 Å². The van der Waals surface area contributed by atoms with Gasteiger partial charge in [-0.25, -0.2) is 0 Å². The highest BCUT2D eigenvalue weighted by Crippen LogP contribution is 2.36. The number of benzene rings is 2. The number of amides is 1. The van der Waals surface area contributed by atoms with E-state index in [2.05, 4.69) is 15.5 Å². The third kappa shape index (κ3) is 4.71. The summed E-state index contributed by atoms with van der Waals surface area (Å²) < 4.78 is 17.2. The monoisotopic (exact) mass is 411 g/mol. The molecule has 3 aromatic rings. The molecule has 1 amide bonds. The second-order valence-corrected chi connectivity index (χ2v) is 8.03. The lowest BCUT2D eigenvalue weighted by Crippen LogP contribution is -2.30. The average Bonchev–Trinajstić information content (AvgIpc) is 3.21. The van der Waals surface area contributed by atoms with Gasteiger partial charge in [0.05, 0.1) is 5.25 Å². The zero-order chi connectivity index (χ0) is 20.2. The van der Waals surface area contributed by atoms with Gasteiger partial charge in [-0.2, -0.15) is 0 Å². The molecule has 29 heavy (non-hydrogen) atoms. The van der Waals surface area contributed by atoms with E-state index in [-0.39, 0.29) is 17.8 Å². The van der Waals surface area contributed by atoms with E-state index in [0.717, 1.165) is 5.56 Å². The smallest absolute Gasteiger partial charge is 0.277 e. The molecule has 0 unspecified atom stereocenters. The van der Waals surface area contributed by atoms with Gasteiger partial charge in [0, 0.05) is 6.54 Å². The SMILES string of the molecule is Cc1ccc(CNC(=O)[C@@H](C)Sc2nnc([C@H]3COc4ccccc4O3)o2)cc1. The summed E-state index contributed by atoms with van der Waals surface area (Å²) in [4.78, 5) is 12.4. The van der Waals surface area contributed by atoms with Crippen LogP contribution in [0.15, 0.2) is 58.2 Å². The first kappa shape index (κ1) is 19.3. The minimum absolute atomic E-state index is 0.0958. The van der Waals surface area contributed by atoms with Gasteiger partial charge in [0.25, 0.3) is 11.1 Å². The first-order valence-corrected chi connectivity index (χ1v) is 10.2. The number of ether oxygens (including phenoxy) is 2. The van der Waals surface area contributed by atoms with Crippen LogP contribution in [-0.2, 0) is 11.3 Å². The van der Waals surface area contributed by atoms with Crippen molar-refractivity contribution in [2.75, 3.05) is 6.61 Å². The van der Waals surface area contributed by atoms with Gasteiger partial charge in [-0.3, -0.25) is 4.79 Å². The summed E-state index contributed by atoms with van der Waals surface area (Å²) in [5, 5.41) is 10.9. The number of aryl methyl sites for hydroxylation is 1. The summed E-state index contributed by atoms with van der Waals surface area (Å²) in [5.74, 6) is 1.56. The van der Waals surface area contributed by atoms with Crippen LogP contribution in [0, 0.1) is 6.92 Å². The molecular formula is C21H21N3O4S. The van der Waals surface area contributed by atoms with E-state index in [1.54, 1.807) is 6.92 Å². The van der Waals surface area contributed by atoms with Crippen molar-refractivity contribution in [2.24, 2.45) is 0 Å². The van der Waals surface area contributed by atoms with Gasteiger partial charge >= 0.3 is 0 Å². The summed E-state index contributed by atoms with van der Waals surface area (Å²) >= 11 is 1.21. The van der Waals surface area contributed by atoms with Crippen LogP contribution < -0.4 is 14.8 Å².